The number of aliphatic imine (C=N–C) groups is 1. The molecule has 6 nitrogen and oxygen atoms in total. The predicted molar refractivity (Wildman–Crippen MR) is 132 cm³/mol. The van der Waals surface area contributed by atoms with Crippen LogP contribution in [0.4, 0.5) is 5.82 Å². The van der Waals surface area contributed by atoms with Gasteiger partial charge >= 0.3 is 0 Å². The van der Waals surface area contributed by atoms with Crippen molar-refractivity contribution in [2.75, 3.05) is 52.2 Å². The number of pyridine rings is 1. The molecule has 0 spiro atoms. The van der Waals surface area contributed by atoms with Gasteiger partial charge in [-0.2, -0.15) is 0 Å². The Morgan fingerprint density at radius 2 is 1.93 bits per heavy atom. The minimum Gasteiger partial charge on any atom is -0.354 e. The minimum absolute atomic E-state index is 0. The van der Waals surface area contributed by atoms with Crippen molar-refractivity contribution in [3.05, 3.63) is 58.7 Å². The fourth-order valence-corrected chi connectivity index (χ4v) is 3.50. The van der Waals surface area contributed by atoms with Crippen molar-refractivity contribution >= 4 is 47.4 Å². The molecule has 158 valence electrons. The van der Waals surface area contributed by atoms with Crippen LogP contribution in [0.3, 0.4) is 0 Å². The molecule has 2 aromatic rings. The van der Waals surface area contributed by atoms with Crippen LogP contribution < -0.4 is 10.2 Å². The third kappa shape index (κ3) is 6.72. The summed E-state index contributed by atoms with van der Waals surface area (Å²) in [6.45, 7) is 5.57. The molecular weight excluding hydrogens is 499 g/mol. The van der Waals surface area contributed by atoms with Gasteiger partial charge in [-0.3, -0.25) is 4.99 Å². The third-order valence-corrected chi connectivity index (χ3v) is 5.40. The van der Waals surface area contributed by atoms with Crippen molar-refractivity contribution in [3.63, 3.8) is 0 Å². The maximum absolute atomic E-state index is 6.29. The van der Waals surface area contributed by atoms with Crippen molar-refractivity contribution in [2.24, 2.45) is 4.99 Å². The van der Waals surface area contributed by atoms with E-state index in [1.807, 2.05) is 43.6 Å². The molecule has 1 aromatic carbocycles. The zero-order valence-electron chi connectivity index (χ0n) is 17.3. The first-order valence-electron chi connectivity index (χ1n) is 9.60. The summed E-state index contributed by atoms with van der Waals surface area (Å²) in [6, 6.07) is 12.1. The van der Waals surface area contributed by atoms with Crippen molar-refractivity contribution in [1.82, 2.24) is 20.1 Å². The number of rotatable bonds is 5. The molecule has 3 rings (SSSR count). The molecule has 1 aromatic heterocycles. The summed E-state index contributed by atoms with van der Waals surface area (Å²) < 4.78 is 0. The second kappa shape index (κ2) is 11.6. The second-order valence-electron chi connectivity index (χ2n) is 7.16. The zero-order chi connectivity index (χ0) is 19.9. The minimum atomic E-state index is 0. The average molecular weight is 529 g/mol. The lowest BCUT2D eigenvalue weighted by Gasteiger charge is -2.33. The van der Waals surface area contributed by atoms with Crippen LogP contribution >= 0.6 is 35.6 Å². The lowest BCUT2D eigenvalue weighted by Crippen LogP contribution is -2.44. The Balaban J connectivity index is 0.00000300. The lowest BCUT2D eigenvalue weighted by atomic mass is 10.2. The number of anilines is 1. The number of nitrogens with zero attached hydrogens (tertiary/aromatic N) is 5. The van der Waals surface area contributed by atoms with Crippen LogP contribution in [0.5, 0.6) is 0 Å². The molecule has 0 atom stereocenters. The van der Waals surface area contributed by atoms with Gasteiger partial charge in [0.05, 0.1) is 0 Å². The van der Waals surface area contributed by atoms with E-state index in [4.69, 9.17) is 11.6 Å². The second-order valence-corrected chi connectivity index (χ2v) is 7.57. The molecule has 1 aliphatic heterocycles. The summed E-state index contributed by atoms with van der Waals surface area (Å²) in [5, 5.41) is 4.21. The quantitative estimate of drug-likeness (QED) is 0.367. The van der Waals surface area contributed by atoms with Gasteiger partial charge in [0.2, 0.25) is 0 Å². The number of likely N-dealkylation sites (N-methyl/N-ethyl adjacent to an activating group) is 1. The number of halogens is 2. The van der Waals surface area contributed by atoms with Gasteiger partial charge in [-0.15, -0.1) is 24.0 Å². The van der Waals surface area contributed by atoms with Gasteiger partial charge < -0.3 is 20.0 Å². The smallest absolute Gasteiger partial charge is 0.193 e. The van der Waals surface area contributed by atoms with Crippen molar-refractivity contribution in [3.8, 4) is 0 Å². The summed E-state index contributed by atoms with van der Waals surface area (Å²) in [7, 11) is 5.98. The molecule has 0 bridgehead atoms. The molecule has 0 unspecified atom stereocenters. The summed E-state index contributed by atoms with van der Waals surface area (Å²) in [4.78, 5) is 15.7. The van der Waals surface area contributed by atoms with Gasteiger partial charge in [-0.1, -0.05) is 29.8 Å². The van der Waals surface area contributed by atoms with Crippen molar-refractivity contribution in [1.29, 1.82) is 0 Å². The Hall–Kier alpha value is -1.58. The number of hydrogen-bond acceptors (Lipinski definition) is 4. The molecule has 1 aliphatic rings. The molecule has 8 heteroatoms. The van der Waals surface area contributed by atoms with Crippen LogP contribution in [-0.2, 0) is 13.1 Å². The van der Waals surface area contributed by atoms with Crippen LogP contribution in [0.2, 0.25) is 5.02 Å². The van der Waals surface area contributed by atoms with E-state index in [1.165, 1.54) is 5.56 Å². The van der Waals surface area contributed by atoms with E-state index in [9.17, 15) is 0 Å². The van der Waals surface area contributed by atoms with Gasteiger partial charge in [0, 0.05) is 64.6 Å². The molecule has 1 saturated heterocycles. The van der Waals surface area contributed by atoms with Crippen LogP contribution in [0.15, 0.2) is 47.6 Å². The van der Waals surface area contributed by atoms with Crippen LogP contribution in [0, 0.1) is 0 Å². The van der Waals surface area contributed by atoms with Gasteiger partial charge in [0.25, 0.3) is 0 Å². The highest BCUT2D eigenvalue weighted by Crippen LogP contribution is 2.17. The lowest BCUT2D eigenvalue weighted by molar-refractivity contribution is 0.312. The summed E-state index contributed by atoms with van der Waals surface area (Å²) in [6.07, 6.45) is 1.89. The SMILES string of the molecule is CN=C(NCc1ccnc(N2CCN(C)CC2)c1)N(C)Cc1ccccc1Cl.I. The molecule has 29 heavy (non-hydrogen) atoms. The number of aromatic nitrogens is 1. The highest BCUT2D eigenvalue weighted by Gasteiger charge is 2.15. The number of piperazine rings is 1. The largest absolute Gasteiger partial charge is 0.354 e. The fourth-order valence-electron chi connectivity index (χ4n) is 3.30. The summed E-state index contributed by atoms with van der Waals surface area (Å²) in [5.41, 5.74) is 2.27. The van der Waals surface area contributed by atoms with Crippen LogP contribution in [-0.4, -0.2) is 68.1 Å². The van der Waals surface area contributed by atoms with Gasteiger partial charge in [-0.25, -0.2) is 4.98 Å². The molecular formula is C21H30ClIN6. The highest BCUT2D eigenvalue weighted by molar-refractivity contribution is 14.0. The Morgan fingerprint density at radius 3 is 2.62 bits per heavy atom. The first kappa shape index (κ1) is 23.7. The Bertz CT molecular complexity index is 807. The molecule has 1 N–H and O–H groups in total. The molecule has 0 amide bonds. The number of benzene rings is 1. The summed E-state index contributed by atoms with van der Waals surface area (Å²) >= 11 is 6.29. The van der Waals surface area contributed by atoms with E-state index in [1.54, 1.807) is 7.05 Å². The molecule has 0 aliphatic carbocycles. The van der Waals surface area contributed by atoms with E-state index in [0.717, 1.165) is 48.5 Å². The van der Waals surface area contributed by atoms with Crippen molar-refractivity contribution in [2.45, 2.75) is 13.1 Å². The number of hydrogen-bond donors (Lipinski definition) is 1. The molecule has 2 heterocycles. The van der Waals surface area contributed by atoms with E-state index < -0.39 is 0 Å². The van der Waals surface area contributed by atoms with Gasteiger partial charge in [0.1, 0.15) is 5.82 Å². The van der Waals surface area contributed by atoms with E-state index in [0.29, 0.717) is 13.1 Å². The molecule has 0 radical (unpaired) electrons. The van der Waals surface area contributed by atoms with Crippen LogP contribution in [0.25, 0.3) is 0 Å². The van der Waals surface area contributed by atoms with Crippen LogP contribution in [0.1, 0.15) is 11.1 Å². The topological polar surface area (TPSA) is 47.0 Å². The Morgan fingerprint density at radius 1 is 1.21 bits per heavy atom. The number of guanidine groups is 1. The fraction of sp³-hybridized carbons (Fsp3) is 0.429. The zero-order valence-corrected chi connectivity index (χ0v) is 20.4. The Kier molecular flexibility index (Phi) is 9.45. The van der Waals surface area contributed by atoms with Gasteiger partial charge in [0.15, 0.2) is 5.96 Å². The normalized spacial score (nSPS) is 15.0. The predicted octanol–water partition coefficient (Wildman–Crippen LogP) is 3.31. The van der Waals surface area contributed by atoms with Gasteiger partial charge in [-0.05, 0) is 36.4 Å². The maximum atomic E-state index is 6.29. The Labute approximate surface area is 196 Å². The van der Waals surface area contributed by atoms with E-state index >= 15 is 0 Å². The average Bonchev–Trinajstić information content (AvgIpc) is 2.71. The number of nitrogens with one attached hydrogen (secondary N) is 1. The van der Waals surface area contributed by atoms with Crippen molar-refractivity contribution < 1.29 is 0 Å². The maximum Gasteiger partial charge on any atom is 0.193 e. The molecule has 0 saturated carbocycles. The summed E-state index contributed by atoms with van der Waals surface area (Å²) in [5.74, 6) is 1.88. The third-order valence-electron chi connectivity index (χ3n) is 5.03. The highest BCUT2D eigenvalue weighted by atomic mass is 127. The molecule has 1 fully saturated rings. The van der Waals surface area contributed by atoms with E-state index in [2.05, 4.69) is 43.1 Å². The first-order valence-corrected chi connectivity index (χ1v) is 9.98. The first-order chi connectivity index (χ1) is 13.6. The van der Waals surface area contributed by atoms with E-state index in [-0.39, 0.29) is 24.0 Å². The monoisotopic (exact) mass is 528 g/mol. The standard InChI is InChI=1S/C21H29ClN6.HI/c1-23-21(27(3)16-18-6-4-5-7-19(18)22)25-15-17-8-9-24-20(14-17)28-12-10-26(2)11-13-28;/h4-9,14H,10-13,15-16H2,1-3H3,(H,23,25);1H.